The molecule has 3 radical (unpaired) electrons. The number of methoxy groups -OCH3 is 1. The van der Waals surface area contributed by atoms with E-state index in [9.17, 15) is 0 Å². The summed E-state index contributed by atoms with van der Waals surface area (Å²) < 4.78 is 22.9. The predicted octanol–water partition coefficient (Wildman–Crippen LogP) is 4.23. The van der Waals surface area contributed by atoms with Crippen molar-refractivity contribution in [2.45, 2.75) is 37.9 Å². The molecule has 0 saturated heterocycles. The van der Waals surface area contributed by atoms with Crippen molar-refractivity contribution in [3.8, 4) is 11.5 Å². The molecule has 123 valence electrons. The molecule has 0 bridgehead atoms. The molecule has 7 heteroatoms. The van der Waals surface area contributed by atoms with Gasteiger partial charge in [-0.05, 0) is 53.1 Å². The van der Waals surface area contributed by atoms with E-state index in [2.05, 4.69) is 33.1 Å². The van der Waals surface area contributed by atoms with Crippen molar-refractivity contribution in [3.63, 3.8) is 0 Å². The summed E-state index contributed by atoms with van der Waals surface area (Å²) in [5.74, 6) is 1.46. The Hall–Kier alpha value is -0.213. The summed E-state index contributed by atoms with van der Waals surface area (Å²) in [6.07, 6.45) is 0.495. The number of halogens is 1. The topological polar surface area (TPSA) is 36.9 Å². The van der Waals surface area contributed by atoms with Crippen LogP contribution in [0.25, 0.3) is 0 Å². The Kier molecular flexibility index (Phi) is 10.2. The van der Waals surface area contributed by atoms with Gasteiger partial charge in [-0.15, -0.1) is 0 Å². The average molecular weight is 406 g/mol. The maximum Gasteiger partial charge on any atom is 0.209 e. The predicted molar refractivity (Wildman–Crippen MR) is 94.9 cm³/mol. The van der Waals surface area contributed by atoms with Crippen molar-refractivity contribution in [2.75, 3.05) is 20.3 Å². The molecule has 0 heterocycles. The van der Waals surface area contributed by atoms with Crippen molar-refractivity contribution in [1.29, 1.82) is 0 Å². The van der Waals surface area contributed by atoms with Gasteiger partial charge >= 0.3 is 0 Å². The lowest BCUT2D eigenvalue weighted by atomic mass is 10.3. The van der Waals surface area contributed by atoms with Crippen molar-refractivity contribution >= 4 is 38.2 Å². The quantitative estimate of drug-likeness (QED) is 0.238. The van der Waals surface area contributed by atoms with Crippen LogP contribution in [0, 0.1) is 0 Å². The number of benzene rings is 1. The van der Waals surface area contributed by atoms with Gasteiger partial charge in [-0.25, -0.2) is 0 Å². The zero-order chi connectivity index (χ0) is 16.4. The molecular weight excluding hydrogens is 384 g/mol. The molecule has 2 atom stereocenters. The number of ether oxygens (including phenoxy) is 3. The first kappa shape index (κ1) is 19.8. The number of rotatable bonds is 11. The minimum absolute atomic E-state index is 0.356. The van der Waals surface area contributed by atoms with E-state index in [1.807, 2.05) is 25.1 Å². The highest BCUT2D eigenvalue weighted by Gasteiger charge is 2.11. The summed E-state index contributed by atoms with van der Waals surface area (Å²) in [5, 5.41) is 0.363. The SMILES string of the molecule is COCCCOc1ccc(Br)c(OC(C)OSC(C)C[Si])c1. The van der Waals surface area contributed by atoms with Crippen LogP contribution in [0.5, 0.6) is 11.5 Å². The van der Waals surface area contributed by atoms with Crippen LogP contribution in [0.1, 0.15) is 20.3 Å². The van der Waals surface area contributed by atoms with Crippen molar-refractivity contribution in [1.82, 2.24) is 0 Å². The van der Waals surface area contributed by atoms with E-state index in [1.54, 1.807) is 7.11 Å². The zero-order valence-electron chi connectivity index (χ0n) is 13.1. The molecule has 0 aliphatic rings. The van der Waals surface area contributed by atoms with E-state index < -0.39 is 0 Å². The third kappa shape index (κ3) is 7.87. The van der Waals surface area contributed by atoms with E-state index in [-0.39, 0.29) is 6.29 Å². The summed E-state index contributed by atoms with van der Waals surface area (Å²) in [6, 6.07) is 6.53. The summed E-state index contributed by atoms with van der Waals surface area (Å²) in [7, 11) is 5.14. The summed E-state index contributed by atoms with van der Waals surface area (Å²) >= 11 is 4.87. The Morgan fingerprint density at radius 1 is 1.27 bits per heavy atom. The minimum atomic E-state index is -0.356. The highest BCUT2D eigenvalue weighted by molar-refractivity contribution is 9.10. The third-order valence-electron chi connectivity index (χ3n) is 2.60. The van der Waals surface area contributed by atoms with Crippen LogP contribution in [0.3, 0.4) is 0 Å². The van der Waals surface area contributed by atoms with Gasteiger partial charge in [0, 0.05) is 41.7 Å². The van der Waals surface area contributed by atoms with Gasteiger partial charge in [0.2, 0.25) is 6.29 Å². The Labute approximate surface area is 149 Å². The minimum Gasteiger partial charge on any atom is -0.493 e. The van der Waals surface area contributed by atoms with E-state index in [0.29, 0.717) is 24.2 Å². The largest absolute Gasteiger partial charge is 0.493 e. The maximum atomic E-state index is 5.80. The van der Waals surface area contributed by atoms with Crippen molar-refractivity contribution < 1.29 is 18.4 Å². The lowest BCUT2D eigenvalue weighted by Crippen LogP contribution is -2.14. The lowest BCUT2D eigenvalue weighted by Gasteiger charge is -2.18. The highest BCUT2D eigenvalue weighted by Crippen LogP contribution is 2.31. The molecule has 0 aliphatic heterocycles. The van der Waals surface area contributed by atoms with Crippen LogP contribution in [0.4, 0.5) is 0 Å². The lowest BCUT2D eigenvalue weighted by molar-refractivity contribution is 0.0390. The molecule has 1 rings (SSSR count). The van der Waals surface area contributed by atoms with E-state index in [4.69, 9.17) is 18.4 Å². The van der Waals surface area contributed by atoms with Gasteiger partial charge in [-0.3, -0.25) is 4.18 Å². The van der Waals surface area contributed by atoms with E-state index in [0.717, 1.165) is 22.7 Å². The van der Waals surface area contributed by atoms with Crippen LogP contribution in [0.15, 0.2) is 22.7 Å². The fourth-order valence-electron chi connectivity index (χ4n) is 1.46. The first-order valence-electron chi connectivity index (χ1n) is 7.11. The van der Waals surface area contributed by atoms with Gasteiger partial charge in [0.1, 0.15) is 11.5 Å². The summed E-state index contributed by atoms with van der Waals surface area (Å²) in [5.41, 5.74) is 0. The molecule has 4 nitrogen and oxygen atoms in total. The van der Waals surface area contributed by atoms with Gasteiger partial charge in [-0.2, -0.15) is 0 Å². The first-order valence-corrected chi connectivity index (χ1v) is 9.42. The molecule has 2 unspecified atom stereocenters. The monoisotopic (exact) mass is 405 g/mol. The van der Waals surface area contributed by atoms with Crippen molar-refractivity contribution in [3.05, 3.63) is 22.7 Å². The molecule has 22 heavy (non-hydrogen) atoms. The summed E-state index contributed by atoms with van der Waals surface area (Å²) in [4.78, 5) is 0. The van der Waals surface area contributed by atoms with Crippen molar-refractivity contribution in [2.24, 2.45) is 0 Å². The average Bonchev–Trinajstić information content (AvgIpc) is 2.52. The molecule has 0 spiro atoms. The van der Waals surface area contributed by atoms with Gasteiger partial charge in [0.05, 0.1) is 11.1 Å². The fourth-order valence-corrected chi connectivity index (χ4v) is 2.46. The normalized spacial score (nSPS) is 13.7. The fraction of sp³-hybridized carbons (Fsp3) is 0.600. The number of hydrogen-bond acceptors (Lipinski definition) is 5. The third-order valence-corrected chi connectivity index (χ3v) is 5.04. The molecule has 1 aromatic carbocycles. The van der Waals surface area contributed by atoms with Crippen LogP contribution in [-0.2, 0) is 8.92 Å². The maximum absolute atomic E-state index is 5.80. The standard InChI is InChI=1S/C15H22BrO4SSi/c1-11(10-22)21-20-12(2)19-15-9-13(5-6-14(15)16)18-8-4-7-17-3/h5-6,9,11-12H,4,7-8,10H2,1-3H3. The second-order valence-corrected chi connectivity index (χ2v) is 7.13. The molecule has 0 saturated carbocycles. The van der Waals surface area contributed by atoms with Crippen LogP contribution >= 0.6 is 28.0 Å². The second-order valence-electron chi connectivity index (χ2n) is 4.68. The molecule has 1 aromatic rings. The molecule has 0 aliphatic carbocycles. The van der Waals surface area contributed by atoms with Crippen LogP contribution in [-0.4, -0.2) is 42.1 Å². The Balaban J connectivity index is 2.50. The number of hydrogen-bond donors (Lipinski definition) is 0. The smallest absolute Gasteiger partial charge is 0.209 e. The molecule has 0 fully saturated rings. The van der Waals surface area contributed by atoms with Gasteiger partial charge in [0.15, 0.2) is 0 Å². The zero-order valence-corrected chi connectivity index (χ0v) is 16.5. The molecular formula is C15H22BrO4SSi. The molecule has 0 amide bonds. The van der Waals surface area contributed by atoms with E-state index in [1.165, 1.54) is 12.0 Å². The van der Waals surface area contributed by atoms with E-state index >= 15 is 0 Å². The summed E-state index contributed by atoms with van der Waals surface area (Å²) in [6.45, 7) is 5.24. The Morgan fingerprint density at radius 2 is 2.05 bits per heavy atom. The second kappa shape index (κ2) is 11.3. The van der Waals surface area contributed by atoms with Gasteiger partial charge in [0.25, 0.3) is 0 Å². The molecule has 0 aromatic heterocycles. The van der Waals surface area contributed by atoms with Crippen LogP contribution < -0.4 is 9.47 Å². The van der Waals surface area contributed by atoms with Crippen LogP contribution in [0.2, 0.25) is 6.04 Å². The van der Waals surface area contributed by atoms with Gasteiger partial charge in [-0.1, -0.05) is 6.92 Å². The highest BCUT2D eigenvalue weighted by atomic mass is 79.9. The first-order chi connectivity index (χ1) is 10.6. The Bertz CT molecular complexity index is 436. The molecule has 0 N–H and O–H groups in total. The Morgan fingerprint density at radius 3 is 2.73 bits per heavy atom. The van der Waals surface area contributed by atoms with Gasteiger partial charge < -0.3 is 14.2 Å².